The lowest BCUT2D eigenvalue weighted by molar-refractivity contribution is -0.115. The Morgan fingerprint density at radius 2 is 1.80 bits per heavy atom. The Balaban J connectivity index is 1.69. The fourth-order valence-corrected chi connectivity index (χ4v) is 5.97. The summed E-state index contributed by atoms with van der Waals surface area (Å²) in [5.41, 5.74) is 4.06. The van der Waals surface area contributed by atoms with E-state index >= 15 is 0 Å². The highest BCUT2D eigenvalue weighted by molar-refractivity contribution is 9.11. The number of benzene rings is 3. The van der Waals surface area contributed by atoms with Crippen molar-refractivity contribution >= 4 is 66.8 Å². The van der Waals surface area contributed by atoms with Gasteiger partial charge in [-0.05, 0) is 64.8 Å². The van der Waals surface area contributed by atoms with Gasteiger partial charge >= 0.3 is 0 Å². The molecule has 0 radical (unpaired) electrons. The molecule has 0 saturated carbocycles. The van der Waals surface area contributed by atoms with Crippen molar-refractivity contribution in [1.82, 2.24) is 0 Å². The van der Waals surface area contributed by atoms with Crippen molar-refractivity contribution in [3.63, 3.8) is 0 Å². The van der Waals surface area contributed by atoms with Gasteiger partial charge in [-0.15, -0.1) is 11.8 Å². The second kappa shape index (κ2) is 9.35. The van der Waals surface area contributed by atoms with Gasteiger partial charge in [0.05, 0.1) is 10.2 Å². The maximum Gasteiger partial charge on any atom is 0.238 e. The van der Waals surface area contributed by atoms with Crippen LogP contribution >= 0.6 is 55.2 Å². The minimum absolute atomic E-state index is 0.0629. The molecular weight excluding hydrogens is 550 g/mol. The molecule has 3 nitrogen and oxygen atoms in total. The van der Waals surface area contributed by atoms with Gasteiger partial charge in [-0.3, -0.25) is 9.69 Å². The molecular formula is C23H18Br2ClNO2S. The first-order valence-electron chi connectivity index (χ1n) is 9.29. The molecule has 0 bridgehead atoms. The molecule has 0 unspecified atom stereocenters. The highest BCUT2D eigenvalue weighted by atomic mass is 79.9. The summed E-state index contributed by atoms with van der Waals surface area (Å²) in [6.07, 6.45) is 0. The van der Waals surface area contributed by atoms with Crippen LogP contribution in [0.5, 0.6) is 5.75 Å². The molecule has 154 valence electrons. The third-order valence-electron chi connectivity index (χ3n) is 4.78. The van der Waals surface area contributed by atoms with Crippen LogP contribution in [0.2, 0.25) is 5.02 Å². The van der Waals surface area contributed by atoms with E-state index in [9.17, 15) is 4.79 Å². The lowest BCUT2D eigenvalue weighted by atomic mass is 10.1. The smallest absolute Gasteiger partial charge is 0.238 e. The number of carbonyl (C=O) groups excluding carboxylic acids is 1. The van der Waals surface area contributed by atoms with E-state index in [1.165, 1.54) is 5.56 Å². The minimum atomic E-state index is -0.194. The number of nitrogens with zero attached hydrogens (tertiary/aromatic N) is 1. The van der Waals surface area contributed by atoms with Gasteiger partial charge in [0.2, 0.25) is 5.91 Å². The predicted octanol–water partition coefficient (Wildman–Crippen LogP) is 7.53. The Kier molecular flexibility index (Phi) is 6.78. The number of ether oxygens (including phenoxy) is 1. The minimum Gasteiger partial charge on any atom is -0.487 e. The fourth-order valence-electron chi connectivity index (χ4n) is 3.29. The lowest BCUT2D eigenvalue weighted by Gasteiger charge is -2.27. The molecule has 1 fully saturated rings. The lowest BCUT2D eigenvalue weighted by Crippen LogP contribution is -2.28. The molecule has 4 rings (SSSR count). The summed E-state index contributed by atoms with van der Waals surface area (Å²) in [5, 5.41) is 0.447. The first kappa shape index (κ1) is 21.8. The molecule has 7 heteroatoms. The van der Waals surface area contributed by atoms with Gasteiger partial charge in [-0.25, -0.2) is 0 Å². The van der Waals surface area contributed by atoms with Crippen LogP contribution in [0, 0.1) is 6.92 Å². The molecule has 1 aliphatic rings. The zero-order chi connectivity index (χ0) is 21.3. The van der Waals surface area contributed by atoms with Gasteiger partial charge in [-0.2, -0.15) is 0 Å². The average molecular weight is 568 g/mol. The maximum atomic E-state index is 12.7. The van der Waals surface area contributed by atoms with Gasteiger partial charge in [0, 0.05) is 20.7 Å². The quantitative estimate of drug-likeness (QED) is 0.319. The van der Waals surface area contributed by atoms with E-state index in [4.69, 9.17) is 16.3 Å². The fraction of sp³-hybridized carbons (Fsp3) is 0.174. The van der Waals surface area contributed by atoms with Crippen LogP contribution in [-0.2, 0) is 11.4 Å². The summed E-state index contributed by atoms with van der Waals surface area (Å²) in [6.45, 7) is 2.51. The second-order valence-corrected chi connectivity index (χ2v) is 10.3. The molecule has 1 aliphatic heterocycles. The highest BCUT2D eigenvalue weighted by Gasteiger charge is 2.36. The molecule has 0 aliphatic carbocycles. The third kappa shape index (κ3) is 4.72. The maximum absolute atomic E-state index is 12.7. The van der Waals surface area contributed by atoms with Crippen LogP contribution in [0.1, 0.15) is 22.1 Å². The van der Waals surface area contributed by atoms with Crippen molar-refractivity contribution in [3.05, 3.63) is 91.3 Å². The van der Waals surface area contributed by atoms with Crippen LogP contribution < -0.4 is 9.64 Å². The second-order valence-electron chi connectivity index (χ2n) is 6.98. The van der Waals surface area contributed by atoms with Crippen molar-refractivity contribution in [2.24, 2.45) is 0 Å². The zero-order valence-electron chi connectivity index (χ0n) is 16.1. The summed E-state index contributed by atoms with van der Waals surface area (Å²) in [6, 6.07) is 19.6. The number of amides is 1. The van der Waals surface area contributed by atoms with Crippen LogP contribution in [0.4, 0.5) is 5.69 Å². The first-order valence-corrected chi connectivity index (χ1v) is 12.3. The van der Waals surface area contributed by atoms with E-state index in [2.05, 4.69) is 63.0 Å². The molecule has 1 heterocycles. The van der Waals surface area contributed by atoms with Gasteiger partial charge in [0.15, 0.2) is 0 Å². The van der Waals surface area contributed by atoms with Crippen molar-refractivity contribution in [3.8, 4) is 5.75 Å². The van der Waals surface area contributed by atoms with Crippen molar-refractivity contribution < 1.29 is 9.53 Å². The Bertz CT molecular complexity index is 1070. The summed E-state index contributed by atoms with van der Waals surface area (Å²) < 4.78 is 8.02. The highest BCUT2D eigenvalue weighted by Crippen LogP contribution is 2.48. The molecule has 30 heavy (non-hydrogen) atoms. The summed E-state index contributed by atoms with van der Waals surface area (Å²) in [5.74, 6) is 1.22. The number of hydrogen-bond acceptors (Lipinski definition) is 3. The van der Waals surface area contributed by atoms with Gasteiger partial charge in [0.1, 0.15) is 17.7 Å². The van der Waals surface area contributed by atoms with Crippen molar-refractivity contribution in [2.45, 2.75) is 18.9 Å². The third-order valence-corrected chi connectivity index (χ3v) is 7.27. The van der Waals surface area contributed by atoms with E-state index in [1.807, 2.05) is 29.2 Å². The van der Waals surface area contributed by atoms with Gasteiger partial charge < -0.3 is 4.74 Å². The molecule has 0 aromatic heterocycles. The molecule has 3 aromatic rings. The summed E-state index contributed by atoms with van der Waals surface area (Å²) in [7, 11) is 0. The SMILES string of the molecule is Cc1ccc(COc2c(Br)cc(Br)cc2[C@H]2SCC(=O)N2c2ccc(Cl)cc2)cc1. The molecule has 0 N–H and O–H groups in total. The predicted molar refractivity (Wildman–Crippen MR) is 131 cm³/mol. The van der Waals surface area contributed by atoms with Gasteiger partial charge in [0.25, 0.3) is 0 Å². The normalized spacial score (nSPS) is 16.2. The van der Waals surface area contributed by atoms with E-state index in [0.717, 1.165) is 31.5 Å². The average Bonchev–Trinajstić information content (AvgIpc) is 3.10. The van der Waals surface area contributed by atoms with Crippen molar-refractivity contribution in [1.29, 1.82) is 0 Å². The standard InChI is InChI=1S/C23H18Br2ClNO2S/c1-14-2-4-15(5-3-14)12-29-22-19(10-16(24)11-20(22)25)23-27(21(28)13-30-23)18-8-6-17(26)7-9-18/h2-11,23H,12-13H2,1H3/t23-/m1/s1. The number of thioether (sulfide) groups is 1. The van der Waals surface area contributed by atoms with Crippen LogP contribution in [-0.4, -0.2) is 11.7 Å². The Labute approximate surface area is 202 Å². The van der Waals surface area contributed by atoms with E-state index in [-0.39, 0.29) is 11.3 Å². The number of carbonyl (C=O) groups is 1. The number of hydrogen-bond donors (Lipinski definition) is 0. The van der Waals surface area contributed by atoms with Crippen molar-refractivity contribution in [2.75, 3.05) is 10.7 Å². The summed E-state index contributed by atoms with van der Waals surface area (Å²) in [4.78, 5) is 14.6. The molecule has 1 amide bonds. The molecule has 1 atom stereocenters. The Morgan fingerprint density at radius 1 is 1.10 bits per heavy atom. The molecule has 3 aromatic carbocycles. The molecule has 0 spiro atoms. The first-order chi connectivity index (χ1) is 14.4. The molecule has 1 saturated heterocycles. The monoisotopic (exact) mass is 565 g/mol. The zero-order valence-corrected chi connectivity index (χ0v) is 20.8. The number of aryl methyl sites for hydroxylation is 1. The largest absolute Gasteiger partial charge is 0.487 e. The van der Waals surface area contributed by atoms with Crippen LogP contribution in [0.3, 0.4) is 0 Å². The topological polar surface area (TPSA) is 29.5 Å². The summed E-state index contributed by atoms with van der Waals surface area (Å²) >= 11 is 14.9. The van der Waals surface area contributed by atoms with Crippen LogP contribution in [0.15, 0.2) is 69.6 Å². The van der Waals surface area contributed by atoms with E-state index < -0.39 is 0 Å². The number of rotatable bonds is 5. The Hall–Kier alpha value is -1.47. The Morgan fingerprint density at radius 3 is 2.50 bits per heavy atom. The number of halogens is 3. The van der Waals surface area contributed by atoms with Crippen LogP contribution in [0.25, 0.3) is 0 Å². The van der Waals surface area contributed by atoms with Gasteiger partial charge in [-0.1, -0.05) is 57.4 Å². The van der Waals surface area contributed by atoms with E-state index in [1.54, 1.807) is 23.9 Å². The van der Waals surface area contributed by atoms with E-state index in [0.29, 0.717) is 17.4 Å². The number of anilines is 1.